The molecule has 1 unspecified atom stereocenters. The van der Waals surface area contributed by atoms with Crippen LogP contribution in [-0.4, -0.2) is 13.2 Å². The molecule has 0 heterocycles. The van der Waals surface area contributed by atoms with Gasteiger partial charge in [-0.2, -0.15) is 13.2 Å². The normalized spacial score (nSPS) is 18.8. The molecule has 1 aliphatic rings. The molecule has 0 bridgehead atoms. The number of hydrogen-bond donors (Lipinski definition) is 1. The minimum absolute atomic E-state index is 0.310. The third-order valence-electron chi connectivity index (χ3n) is 3.44. The summed E-state index contributed by atoms with van der Waals surface area (Å²) in [6, 6.07) is 5.31. The van der Waals surface area contributed by atoms with Gasteiger partial charge in [-0.05, 0) is 36.9 Å². The molecule has 1 N–H and O–H groups in total. The van der Waals surface area contributed by atoms with E-state index in [2.05, 4.69) is 5.32 Å². The minimum atomic E-state index is -4.24. The monoisotopic (exact) mass is 243 g/mol. The lowest BCUT2D eigenvalue weighted by molar-refractivity contribution is -0.156. The summed E-state index contributed by atoms with van der Waals surface area (Å²) in [5.74, 6) is 0.459. The maximum absolute atomic E-state index is 12.8. The minimum Gasteiger partial charge on any atom is -0.306 e. The lowest BCUT2D eigenvalue weighted by Gasteiger charge is -2.27. The summed E-state index contributed by atoms with van der Waals surface area (Å²) in [5, 5.41) is 2.34. The first-order chi connectivity index (χ1) is 8.02. The Morgan fingerprint density at radius 3 is 2.47 bits per heavy atom. The maximum Gasteiger partial charge on any atom is 0.407 e. The summed E-state index contributed by atoms with van der Waals surface area (Å²) in [6.45, 7) is 0. The third kappa shape index (κ3) is 2.63. The molecule has 17 heavy (non-hydrogen) atoms. The molecule has 94 valence electrons. The lowest BCUT2D eigenvalue weighted by Crippen LogP contribution is -2.31. The average Bonchev–Trinajstić information content (AvgIpc) is 2.14. The highest BCUT2D eigenvalue weighted by molar-refractivity contribution is 5.30. The van der Waals surface area contributed by atoms with Crippen molar-refractivity contribution in [2.45, 2.75) is 37.4 Å². The standard InChI is InChI=1S/C13H16F3N/c1-17-12(13(14,15)16)11-7-3-6-10(8-11)9-4-2-5-9/h3,6-9,12,17H,2,4-5H2,1H3. The van der Waals surface area contributed by atoms with E-state index in [1.807, 2.05) is 6.07 Å². The van der Waals surface area contributed by atoms with Crippen molar-refractivity contribution in [3.8, 4) is 0 Å². The summed E-state index contributed by atoms with van der Waals surface area (Å²) in [7, 11) is 1.34. The van der Waals surface area contributed by atoms with Gasteiger partial charge in [0.1, 0.15) is 6.04 Å². The summed E-state index contributed by atoms with van der Waals surface area (Å²) in [6.07, 6.45) is -0.865. The highest BCUT2D eigenvalue weighted by Gasteiger charge is 2.39. The second-order valence-corrected chi connectivity index (χ2v) is 4.56. The van der Waals surface area contributed by atoms with Crippen LogP contribution in [-0.2, 0) is 0 Å². The van der Waals surface area contributed by atoms with Gasteiger partial charge in [-0.15, -0.1) is 0 Å². The van der Waals surface area contributed by atoms with Crippen LogP contribution in [0.2, 0.25) is 0 Å². The number of alkyl halides is 3. The zero-order chi connectivity index (χ0) is 12.5. The van der Waals surface area contributed by atoms with Crippen LogP contribution >= 0.6 is 0 Å². The average molecular weight is 243 g/mol. The van der Waals surface area contributed by atoms with Crippen molar-refractivity contribution in [2.24, 2.45) is 0 Å². The largest absolute Gasteiger partial charge is 0.407 e. The molecule has 1 saturated carbocycles. The molecule has 2 rings (SSSR count). The Morgan fingerprint density at radius 2 is 2.00 bits per heavy atom. The fourth-order valence-electron chi connectivity index (χ4n) is 2.25. The van der Waals surface area contributed by atoms with E-state index in [1.54, 1.807) is 12.1 Å². The summed E-state index contributed by atoms with van der Waals surface area (Å²) < 4.78 is 38.3. The smallest absolute Gasteiger partial charge is 0.306 e. The fraction of sp³-hybridized carbons (Fsp3) is 0.538. The van der Waals surface area contributed by atoms with Crippen LogP contribution in [0.25, 0.3) is 0 Å². The van der Waals surface area contributed by atoms with Crippen LogP contribution in [0.1, 0.15) is 42.3 Å². The van der Waals surface area contributed by atoms with Crippen LogP contribution in [0.5, 0.6) is 0 Å². The third-order valence-corrected chi connectivity index (χ3v) is 3.44. The first-order valence-corrected chi connectivity index (χ1v) is 5.86. The van der Waals surface area contributed by atoms with Crippen LogP contribution in [0.3, 0.4) is 0 Å². The van der Waals surface area contributed by atoms with E-state index in [0.29, 0.717) is 11.5 Å². The molecule has 0 spiro atoms. The topological polar surface area (TPSA) is 12.0 Å². The van der Waals surface area contributed by atoms with Crippen molar-refractivity contribution in [2.75, 3.05) is 7.05 Å². The Bertz CT molecular complexity index is 382. The molecule has 1 aliphatic carbocycles. The molecule has 0 radical (unpaired) electrons. The van der Waals surface area contributed by atoms with Crippen molar-refractivity contribution >= 4 is 0 Å². The van der Waals surface area contributed by atoms with E-state index >= 15 is 0 Å². The van der Waals surface area contributed by atoms with E-state index in [1.165, 1.54) is 19.5 Å². The first-order valence-electron chi connectivity index (χ1n) is 5.86. The van der Waals surface area contributed by atoms with Gasteiger partial charge < -0.3 is 5.32 Å². The van der Waals surface area contributed by atoms with Crippen molar-refractivity contribution in [1.82, 2.24) is 5.32 Å². The molecule has 0 aliphatic heterocycles. The van der Waals surface area contributed by atoms with Crippen LogP contribution in [0.15, 0.2) is 24.3 Å². The second kappa shape index (κ2) is 4.69. The molecule has 1 aromatic rings. The predicted molar refractivity (Wildman–Crippen MR) is 60.9 cm³/mol. The predicted octanol–water partition coefficient (Wildman–Crippen LogP) is 3.78. The van der Waals surface area contributed by atoms with E-state index in [0.717, 1.165) is 18.4 Å². The fourth-order valence-corrected chi connectivity index (χ4v) is 2.25. The van der Waals surface area contributed by atoms with Gasteiger partial charge in [-0.25, -0.2) is 0 Å². The highest BCUT2D eigenvalue weighted by atomic mass is 19.4. The Hall–Kier alpha value is -1.03. The van der Waals surface area contributed by atoms with Gasteiger partial charge in [-0.3, -0.25) is 0 Å². The van der Waals surface area contributed by atoms with Gasteiger partial charge in [0, 0.05) is 0 Å². The van der Waals surface area contributed by atoms with Crippen LogP contribution in [0, 0.1) is 0 Å². The van der Waals surface area contributed by atoms with Crippen molar-refractivity contribution in [3.63, 3.8) is 0 Å². The number of hydrogen-bond acceptors (Lipinski definition) is 1. The SMILES string of the molecule is CNC(c1cccc(C2CCC2)c1)C(F)(F)F. The lowest BCUT2D eigenvalue weighted by atomic mass is 9.79. The Balaban J connectivity index is 2.24. The van der Waals surface area contributed by atoms with Crippen LogP contribution in [0.4, 0.5) is 13.2 Å². The quantitative estimate of drug-likeness (QED) is 0.852. The summed E-state index contributed by atoms with van der Waals surface area (Å²) in [4.78, 5) is 0. The number of halogens is 3. The zero-order valence-corrected chi connectivity index (χ0v) is 9.72. The van der Waals surface area contributed by atoms with Gasteiger partial charge in [0.25, 0.3) is 0 Å². The number of benzene rings is 1. The molecular formula is C13H16F3N. The van der Waals surface area contributed by atoms with Crippen molar-refractivity contribution < 1.29 is 13.2 Å². The van der Waals surface area contributed by atoms with Gasteiger partial charge in [0.05, 0.1) is 0 Å². The number of rotatable bonds is 3. The van der Waals surface area contributed by atoms with Crippen molar-refractivity contribution in [1.29, 1.82) is 0 Å². The Kier molecular flexibility index (Phi) is 3.43. The Morgan fingerprint density at radius 1 is 1.29 bits per heavy atom. The maximum atomic E-state index is 12.8. The van der Waals surface area contributed by atoms with Crippen LogP contribution < -0.4 is 5.32 Å². The van der Waals surface area contributed by atoms with Gasteiger partial charge in [0.2, 0.25) is 0 Å². The molecule has 0 saturated heterocycles. The van der Waals surface area contributed by atoms with E-state index < -0.39 is 12.2 Å². The van der Waals surface area contributed by atoms with E-state index in [-0.39, 0.29) is 0 Å². The molecular weight excluding hydrogens is 227 g/mol. The zero-order valence-electron chi connectivity index (χ0n) is 9.72. The molecule has 1 fully saturated rings. The van der Waals surface area contributed by atoms with E-state index in [9.17, 15) is 13.2 Å². The molecule has 1 atom stereocenters. The second-order valence-electron chi connectivity index (χ2n) is 4.56. The van der Waals surface area contributed by atoms with Gasteiger partial charge in [-0.1, -0.05) is 30.7 Å². The molecule has 0 aromatic heterocycles. The van der Waals surface area contributed by atoms with Crippen molar-refractivity contribution in [3.05, 3.63) is 35.4 Å². The summed E-state index contributed by atoms with van der Waals surface area (Å²) >= 11 is 0. The first kappa shape index (κ1) is 12.4. The molecule has 0 amide bonds. The van der Waals surface area contributed by atoms with Gasteiger partial charge in [0.15, 0.2) is 0 Å². The van der Waals surface area contributed by atoms with Gasteiger partial charge >= 0.3 is 6.18 Å². The molecule has 1 nitrogen and oxygen atoms in total. The van der Waals surface area contributed by atoms with E-state index in [4.69, 9.17) is 0 Å². The number of nitrogens with one attached hydrogen (secondary N) is 1. The Labute approximate surface area is 99.0 Å². The molecule has 4 heteroatoms. The molecule has 1 aromatic carbocycles. The highest BCUT2D eigenvalue weighted by Crippen LogP contribution is 2.38. The summed E-state index contributed by atoms with van der Waals surface area (Å²) in [5.41, 5.74) is 1.35.